The molecule has 1 amide bonds. The topological polar surface area (TPSA) is 58.6 Å². The van der Waals surface area contributed by atoms with Crippen LogP contribution in [0.15, 0.2) is 0 Å². The molecule has 0 aromatic rings. The highest BCUT2D eigenvalue weighted by Gasteiger charge is 2.34. The smallest absolute Gasteiger partial charge is 0.323 e. The molecule has 1 heterocycles. The number of likely N-dealkylation sites (tertiary alicyclic amines) is 1. The molecule has 1 saturated heterocycles. The first kappa shape index (κ1) is 14.0. The molecule has 98 valence electrons. The van der Waals surface area contributed by atoms with Gasteiger partial charge in [-0.3, -0.25) is 14.5 Å². The second-order valence-corrected chi connectivity index (χ2v) is 5.41. The third-order valence-electron chi connectivity index (χ3n) is 2.74. The van der Waals surface area contributed by atoms with Crippen molar-refractivity contribution in [1.82, 2.24) is 10.2 Å². The van der Waals surface area contributed by atoms with E-state index in [1.165, 1.54) is 7.11 Å². The van der Waals surface area contributed by atoms with Crippen molar-refractivity contribution in [2.75, 3.05) is 20.2 Å². The lowest BCUT2D eigenvalue weighted by molar-refractivity contribution is -0.152. The molecule has 1 fully saturated rings. The Morgan fingerprint density at radius 3 is 2.47 bits per heavy atom. The molecule has 0 aromatic heterocycles. The predicted octanol–water partition coefficient (Wildman–Crippen LogP) is 0.539. The molecule has 1 N–H and O–H groups in total. The number of hydrogen-bond donors (Lipinski definition) is 1. The van der Waals surface area contributed by atoms with Gasteiger partial charge in [0.1, 0.15) is 6.04 Å². The van der Waals surface area contributed by atoms with E-state index in [1.807, 2.05) is 25.7 Å². The van der Waals surface area contributed by atoms with Gasteiger partial charge in [-0.05, 0) is 27.2 Å². The van der Waals surface area contributed by atoms with Crippen molar-refractivity contribution in [3.8, 4) is 0 Å². The largest absolute Gasteiger partial charge is 0.468 e. The number of ether oxygens (including phenoxy) is 1. The van der Waals surface area contributed by atoms with Gasteiger partial charge in [0.15, 0.2) is 0 Å². The Morgan fingerprint density at radius 2 is 2.06 bits per heavy atom. The summed E-state index contributed by atoms with van der Waals surface area (Å²) in [4.78, 5) is 24.9. The fraction of sp³-hybridized carbons (Fsp3) is 0.833. The summed E-state index contributed by atoms with van der Waals surface area (Å²) in [5, 5.41) is 2.90. The Hall–Kier alpha value is -1.10. The second kappa shape index (κ2) is 5.49. The first-order valence-electron chi connectivity index (χ1n) is 5.96. The van der Waals surface area contributed by atoms with Crippen molar-refractivity contribution in [2.45, 2.75) is 45.2 Å². The van der Waals surface area contributed by atoms with Crippen LogP contribution in [0, 0.1) is 0 Å². The van der Waals surface area contributed by atoms with E-state index in [0.717, 1.165) is 13.0 Å². The third kappa shape index (κ3) is 4.34. The normalized spacial score (nSPS) is 20.6. The number of carbonyl (C=O) groups excluding carboxylic acids is 2. The van der Waals surface area contributed by atoms with Crippen LogP contribution in [-0.4, -0.2) is 48.6 Å². The van der Waals surface area contributed by atoms with E-state index in [2.05, 4.69) is 5.32 Å². The molecule has 1 atom stereocenters. The van der Waals surface area contributed by atoms with Crippen LogP contribution in [0.2, 0.25) is 0 Å². The van der Waals surface area contributed by atoms with Gasteiger partial charge < -0.3 is 10.1 Å². The van der Waals surface area contributed by atoms with E-state index in [4.69, 9.17) is 4.74 Å². The van der Waals surface area contributed by atoms with E-state index in [1.54, 1.807) is 0 Å². The molecule has 0 aliphatic carbocycles. The van der Waals surface area contributed by atoms with Crippen LogP contribution < -0.4 is 5.32 Å². The summed E-state index contributed by atoms with van der Waals surface area (Å²) in [5.74, 6) is -0.180. The number of amides is 1. The maximum absolute atomic E-state index is 11.6. The van der Waals surface area contributed by atoms with Crippen molar-refractivity contribution >= 4 is 11.9 Å². The zero-order valence-electron chi connectivity index (χ0n) is 11.1. The predicted molar refractivity (Wildman–Crippen MR) is 64.5 cm³/mol. The van der Waals surface area contributed by atoms with Crippen molar-refractivity contribution < 1.29 is 14.3 Å². The average molecular weight is 242 g/mol. The Kier molecular flexibility index (Phi) is 4.51. The fourth-order valence-corrected chi connectivity index (χ4v) is 1.84. The van der Waals surface area contributed by atoms with Gasteiger partial charge in [0.25, 0.3) is 0 Å². The lowest BCUT2D eigenvalue weighted by atomic mass is 10.0. The summed E-state index contributed by atoms with van der Waals surface area (Å²) in [7, 11) is 1.39. The zero-order chi connectivity index (χ0) is 13.1. The number of carbonyl (C=O) groups is 2. The van der Waals surface area contributed by atoms with E-state index in [0.29, 0.717) is 13.0 Å². The number of hydrogen-bond acceptors (Lipinski definition) is 4. The zero-order valence-corrected chi connectivity index (χ0v) is 11.1. The highest BCUT2D eigenvalue weighted by atomic mass is 16.5. The molecule has 0 bridgehead atoms. The molecule has 1 rings (SSSR count). The molecule has 1 aliphatic rings. The minimum absolute atomic E-state index is 0.0213. The molecule has 17 heavy (non-hydrogen) atoms. The van der Waals surface area contributed by atoms with Gasteiger partial charge in [0, 0.05) is 25.0 Å². The minimum Gasteiger partial charge on any atom is -0.468 e. The lowest BCUT2D eigenvalue weighted by Gasteiger charge is -2.38. The summed E-state index contributed by atoms with van der Waals surface area (Å²) in [5.41, 5.74) is -0.201. The molecule has 0 aromatic carbocycles. The molecule has 1 aliphatic heterocycles. The van der Waals surface area contributed by atoms with Crippen LogP contribution in [0.3, 0.4) is 0 Å². The molecular weight excluding hydrogens is 220 g/mol. The maximum Gasteiger partial charge on any atom is 0.323 e. The molecular formula is C12H22N2O3. The summed E-state index contributed by atoms with van der Waals surface area (Å²) < 4.78 is 4.69. The van der Waals surface area contributed by atoms with Gasteiger partial charge >= 0.3 is 5.97 Å². The summed E-state index contributed by atoms with van der Waals surface area (Å²) in [6.45, 7) is 7.33. The van der Waals surface area contributed by atoms with Gasteiger partial charge in [0.05, 0.1) is 7.11 Å². The highest BCUT2D eigenvalue weighted by molar-refractivity contribution is 5.78. The Morgan fingerprint density at radius 1 is 1.41 bits per heavy atom. The van der Waals surface area contributed by atoms with Crippen LogP contribution in [0.4, 0.5) is 0 Å². The molecule has 0 radical (unpaired) electrons. The van der Waals surface area contributed by atoms with Crippen molar-refractivity contribution in [3.63, 3.8) is 0 Å². The molecule has 0 spiro atoms. The summed E-state index contributed by atoms with van der Waals surface area (Å²) in [6, 6.07) is -0.151. The van der Waals surface area contributed by atoms with Crippen LogP contribution in [0.5, 0.6) is 0 Å². The number of rotatable bonds is 4. The maximum atomic E-state index is 11.6. The number of nitrogens with zero attached hydrogens (tertiary/aromatic N) is 1. The van der Waals surface area contributed by atoms with Gasteiger partial charge in [-0.2, -0.15) is 0 Å². The first-order valence-corrected chi connectivity index (χ1v) is 5.96. The van der Waals surface area contributed by atoms with Gasteiger partial charge in [0.2, 0.25) is 5.91 Å². The Bertz CT molecular complexity index is 297. The summed E-state index contributed by atoms with van der Waals surface area (Å²) in [6.07, 6.45) is 1.25. The molecule has 1 unspecified atom stereocenters. The van der Waals surface area contributed by atoms with Crippen molar-refractivity contribution in [3.05, 3.63) is 0 Å². The van der Waals surface area contributed by atoms with Crippen LogP contribution in [0.1, 0.15) is 33.6 Å². The van der Waals surface area contributed by atoms with E-state index in [9.17, 15) is 9.59 Å². The van der Waals surface area contributed by atoms with Crippen LogP contribution in [-0.2, 0) is 14.3 Å². The second-order valence-electron chi connectivity index (χ2n) is 5.41. The Balaban J connectivity index is 2.27. The quantitative estimate of drug-likeness (QED) is 0.731. The number of methoxy groups -OCH3 is 1. The van der Waals surface area contributed by atoms with E-state index >= 15 is 0 Å². The standard InChI is InChI=1S/C12H22N2O3/c1-12(2,3)13-10(15)6-8-14-7-5-9(14)11(16)17-4/h9H,5-8H2,1-4H3,(H,13,15). The highest BCUT2D eigenvalue weighted by Crippen LogP contribution is 2.18. The molecule has 5 heteroatoms. The lowest BCUT2D eigenvalue weighted by Crippen LogP contribution is -2.54. The summed E-state index contributed by atoms with van der Waals surface area (Å²) >= 11 is 0. The first-order chi connectivity index (χ1) is 7.83. The van der Waals surface area contributed by atoms with Crippen molar-refractivity contribution in [2.24, 2.45) is 0 Å². The van der Waals surface area contributed by atoms with Gasteiger partial charge in [-0.15, -0.1) is 0 Å². The van der Waals surface area contributed by atoms with Crippen LogP contribution >= 0.6 is 0 Å². The Labute approximate surface area is 102 Å². The monoisotopic (exact) mass is 242 g/mol. The fourth-order valence-electron chi connectivity index (χ4n) is 1.84. The molecule has 5 nitrogen and oxygen atoms in total. The van der Waals surface area contributed by atoms with E-state index < -0.39 is 0 Å². The van der Waals surface area contributed by atoms with Gasteiger partial charge in [-0.1, -0.05) is 0 Å². The number of nitrogens with one attached hydrogen (secondary N) is 1. The van der Waals surface area contributed by atoms with E-state index in [-0.39, 0.29) is 23.5 Å². The van der Waals surface area contributed by atoms with Crippen molar-refractivity contribution in [1.29, 1.82) is 0 Å². The average Bonchev–Trinajstić information content (AvgIpc) is 2.13. The SMILES string of the molecule is COC(=O)C1CCN1CCC(=O)NC(C)(C)C. The molecule has 0 saturated carbocycles. The van der Waals surface area contributed by atoms with Crippen LogP contribution in [0.25, 0.3) is 0 Å². The number of esters is 1. The third-order valence-corrected chi connectivity index (χ3v) is 2.74. The van der Waals surface area contributed by atoms with Gasteiger partial charge in [-0.25, -0.2) is 0 Å². The minimum atomic E-state index is -0.201.